The van der Waals surface area contributed by atoms with Crippen molar-refractivity contribution >= 4 is 0 Å². The highest BCUT2D eigenvalue weighted by Crippen LogP contribution is 2.38. The molecule has 0 fully saturated rings. The topological polar surface area (TPSA) is 62.9 Å². The third-order valence-electron chi connectivity index (χ3n) is 2.82. The number of nitrogens with two attached hydrogens (primary N) is 1. The van der Waals surface area contributed by atoms with E-state index >= 15 is 0 Å². The highest BCUT2D eigenvalue weighted by molar-refractivity contribution is 5.54. The molecule has 0 heterocycles. The highest BCUT2D eigenvalue weighted by atomic mass is 16.6. The van der Waals surface area contributed by atoms with E-state index in [1.807, 2.05) is 32.9 Å². The summed E-state index contributed by atoms with van der Waals surface area (Å²) in [7, 11) is 3.22. The summed E-state index contributed by atoms with van der Waals surface area (Å²) >= 11 is 0. The van der Waals surface area contributed by atoms with E-state index in [0.717, 1.165) is 12.0 Å². The van der Waals surface area contributed by atoms with Gasteiger partial charge in [0.2, 0.25) is 5.75 Å². The molecule has 0 aliphatic rings. The molecule has 21 heavy (non-hydrogen) atoms. The van der Waals surface area contributed by atoms with Gasteiger partial charge >= 0.3 is 0 Å². The summed E-state index contributed by atoms with van der Waals surface area (Å²) in [5, 5.41) is 0. The molecule has 0 saturated carbocycles. The molecule has 0 aliphatic carbocycles. The Morgan fingerprint density at radius 1 is 1.00 bits per heavy atom. The number of hydrogen-bond donors (Lipinski definition) is 1. The van der Waals surface area contributed by atoms with E-state index in [0.29, 0.717) is 37.0 Å². The van der Waals surface area contributed by atoms with E-state index in [-0.39, 0.29) is 5.60 Å². The van der Waals surface area contributed by atoms with Crippen LogP contribution in [0.2, 0.25) is 0 Å². The van der Waals surface area contributed by atoms with Crippen molar-refractivity contribution in [3.8, 4) is 17.2 Å². The van der Waals surface area contributed by atoms with Gasteiger partial charge in [-0.25, -0.2) is 0 Å². The lowest BCUT2D eigenvalue weighted by molar-refractivity contribution is -0.0167. The molecular formula is C16H27NO4. The third kappa shape index (κ3) is 5.81. The fourth-order valence-electron chi connectivity index (χ4n) is 1.88. The molecule has 5 heteroatoms. The van der Waals surface area contributed by atoms with Gasteiger partial charge in [-0.05, 0) is 51.4 Å². The zero-order valence-electron chi connectivity index (χ0n) is 13.7. The summed E-state index contributed by atoms with van der Waals surface area (Å²) < 4.78 is 22.2. The summed E-state index contributed by atoms with van der Waals surface area (Å²) in [6.07, 6.45) is 0.764. The molecule has 0 amide bonds. The lowest BCUT2D eigenvalue weighted by Crippen LogP contribution is -2.22. The van der Waals surface area contributed by atoms with Crippen LogP contribution in [0.5, 0.6) is 17.2 Å². The van der Waals surface area contributed by atoms with Crippen molar-refractivity contribution in [2.75, 3.05) is 34.0 Å². The van der Waals surface area contributed by atoms with Crippen LogP contribution >= 0.6 is 0 Å². The van der Waals surface area contributed by atoms with Crippen LogP contribution in [0.15, 0.2) is 12.1 Å². The van der Waals surface area contributed by atoms with Crippen molar-refractivity contribution in [3.05, 3.63) is 17.7 Å². The van der Waals surface area contributed by atoms with E-state index in [4.69, 9.17) is 24.7 Å². The predicted octanol–water partition coefficient (Wildman–Crippen LogP) is 2.40. The van der Waals surface area contributed by atoms with Crippen molar-refractivity contribution in [3.63, 3.8) is 0 Å². The van der Waals surface area contributed by atoms with Crippen LogP contribution in [0.3, 0.4) is 0 Å². The van der Waals surface area contributed by atoms with Gasteiger partial charge in [-0.2, -0.15) is 0 Å². The maximum Gasteiger partial charge on any atom is 0.203 e. The van der Waals surface area contributed by atoms with Crippen LogP contribution in [-0.2, 0) is 11.2 Å². The molecule has 120 valence electrons. The SMILES string of the molecule is COc1cc(CCN)cc(OC)c1OCCOC(C)(C)C. The van der Waals surface area contributed by atoms with Crippen molar-refractivity contribution in [1.82, 2.24) is 0 Å². The quantitative estimate of drug-likeness (QED) is 0.747. The first-order valence-corrected chi connectivity index (χ1v) is 7.13. The Balaban J connectivity index is 2.79. The van der Waals surface area contributed by atoms with E-state index in [9.17, 15) is 0 Å². The number of ether oxygens (including phenoxy) is 4. The zero-order chi connectivity index (χ0) is 15.9. The van der Waals surface area contributed by atoms with Gasteiger partial charge in [0.25, 0.3) is 0 Å². The lowest BCUT2D eigenvalue weighted by atomic mass is 10.1. The summed E-state index contributed by atoms with van der Waals surface area (Å²) in [6.45, 7) is 7.54. The Kier molecular flexibility index (Phi) is 6.78. The smallest absolute Gasteiger partial charge is 0.203 e. The average Bonchev–Trinajstić information content (AvgIpc) is 2.43. The molecule has 0 saturated heterocycles. The van der Waals surface area contributed by atoms with Crippen LogP contribution in [-0.4, -0.2) is 39.6 Å². The van der Waals surface area contributed by atoms with Gasteiger partial charge < -0.3 is 24.7 Å². The molecule has 5 nitrogen and oxygen atoms in total. The van der Waals surface area contributed by atoms with Crippen molar-refractivity contribution < 1.29 is 18.9 Å². The van der Waals surface area contributed by atoms with E-state index in [1.165, 1.54) is 0 Å². The minimum Gasteiger partial charge on any atom is -0.493 e. The average molecular weight is 297 g/mol. The minimum atomic E-state index is -0.178. The summed E-state index contributed by atoms with van der Waals surface area (Å²) in [5.41, 5.74) is 6.47. The van der Waals surface area contributed by atoms with Gasteiger partial charge in [0.05, 0.1) is 26.4 Å². The molecule has 0 bridgehead atoms. The van der Waals surface area contributed by atoms with Gasteiger partial charge in [-0.15, -0.1) is 0 Å². The minimum absolute atomic E-state index is 0.178. The molecule has 1 rings (SSSR count). The molecule has 0 atom stereocenters. The van der Waals surface area contributed by atoms with E-state index in [1.54, 1.807) is 14.2 Å². The molecule has 0 spiro atoms. The Hall–Kier alpha value is -1.46. The third-order valence-corrected chi connectivity index (χ3v) is 2.82. The van der Waals surface area contributed by atoms with Crippen LogP contribution in [0.4, 0.5) is 0 Å². The highest BCUT2D eigenvalue weighted by Gasteiger charge is 2.15. The number of hydrogen-bond acceptors (Lipinski definition) is 5. The lowest BCUT2D eigenvalue weighted by Gasteiger charge is -2.20. The predicted molar refractivity (Wildman–Crippen MR) is 83.5 cm³/mol. The van der Waals surface area contributed by atoms with Crippen molar-refractivity contribution in [1.29, 1.82) is 0 Å². The maximum atomic E-state index is 5.77. The first-order chi connectivity index (χ1) is 9.91. The Labute approximate surface area is 127 Å². The summed E-state index contributed by atoms with van der Waals surface area (Å²) in [5.74, 6) is 1.89. The normalized spacial score (nSPS) is 11.3. The summed E-state index contributed by atoms with van der Waals surface area (Å²) in [6, 6.07) is 3.85. The molecule has 1 aromatic rings. The Bertz CT molecular complexity index is 415. The number of methoxy groups -OCH3 is 2. The van der Waals surface area contributed by atoms with Gasteiger partial charge in [0, 0.05) is 0 Å². The molecule has 0 radical (unpaired) electrons. The fourth-order valence-corrected chi connectivity index (χ4v) is 1.88. The zero-order valence-corrected chi connectivity index (χ0v) is 13.7. The molecule has 0 aliphatic heterocycles. The van der Waals surface area contributed by atoms with Crippen LogP contribution in [0.25, 0.3) is 0 Å². The van der Waals surface area contributed by atoms with E-state index in [2.05, 4.69) is 0 Å². The fraction of sp³-hybridized carbons (Fsp3) is 0.625. The van der Waals surface area contributed by atoms with Crippen LogP contribution in [0.1, 0.15) is 26.3 Å². The van der Waals surface area contributed by atoms with Gasteiger partial charge in [0.1, 0.15) is 6.61 Å². The van der Waals surface area contributed by atoms with Crippen molar-refractivity contribution in [2.24, 2.45) is 5.73 Å². The largest absolute Gasteiger partial charge is 0.493 e. The Morgan fingerprint density at radius 2 is 1.57 bits per heavy atom. The molecule has 0 aromatic heterocycles. The van der Waals surface area contributed by atoms with Gasteiger partial charge in [0.15, 0.2) is 11.5 Å². The first-order valence-electron chi connectivity index (χ1n) is 7.13. The molecule has 2 N–H and O–H groups in total. The maximum absolute atomic E-state index is 5.77. The second-order valence-corrected chi connectivity index (χ2v) is 5.68. The van der Waals surface area contributed by atoms with E-state index < -0.39 is 0 Å². The number of benzene rings is 1. The van der Waals surface area contributed by atoms with Crippen molar-refractivity contribution in [2.45, 2.75) is 32.8 Å². The van der Waals surface area contributed by atoms with Gasteiger partial charge in [-0.3, -0.25) is 0 Å². The monoisotopic (exact) mass is 297 g/mol. The first kappa shape index (κ1) is 17.6. The second kappa shape index (κ2) is 8.10. The molecule has 1 aromatic carbocycles. The molecular weight excluding hydrogens is 270 g/mol. The van der Waals surface area contributed by atoms with Gasteiger partial charge in [-0.1, -0.05) is 0 Å². The Morgan fingerprint density at radius 3 is 2.00 bits per heavy atom. The molecule has 0 unspecified atom stereocenters. The number of rotatable bonds is 8. The van der Waals surface area contributed by atoms with Crippen LogP contribution < -0.4 is 19.9 Å². The second-order valence-electron chi connectivity index (χ2n) is 5.68. The van der Waals surface area contributed by atoms with Crippen LogP contribution in [0, 0.1) is 0 Å². The summed E-state index contributed by atoms with van der Waals surface area (Å²) in [4.78, 5) is 0. The standard InChI is InChI=1S/C16H27NO4/c1-16(2,3)21-9-8-20-15-13(18-4)10-12(6-7-17)11-14(15)19-5/h10-11H,6-9,17H2,1-5H3.